The van der Waals surface area contributed by atoms with E-state index in [9.17, 15) is 8.42 Å². The molecule has 2 N–H and O–H groups in total. The third-order valence-electron chi connectivity index (χ3n) is 2.83. The fourth-order valence-corrected chi connectivity index (χ4v) is 3.17. The second-order valence-corrected chi connectivity index (χ2v) is 7.39. The Morgan fingerprint density at radius 3 is 2.55 bits per heavy atom. The van der Waals surface area contributed by atoms with Crippen LogP contribution in [-0.4, -0.2) is 23.6 Å². The van der Waals surface area contributed by atoms with Crippen molar-refractivity contribution in [3.05, 3.63) is 35.5 Å². The topological polar surface area (TPSA) is 85.9 Å². The molecule has 0 spiro atoms. The quantitative estimate of drug-likeness (QED) is 0.941. The molecule has 2 aromatic rings. The van der Waals surface area contributed by atoms with Gasteiger partial charge in [-0.2, -0.15) is 0 Å². The Balaban J connectivity index is 2.74. The van der Waals surface area contributed by atoms with E-state index >= 15 is 0 Å². The van der Waals surface area contributed by atoms with Crippen LogP contribution in [-0.2, 0) is 9.84 Å². The minimum Gasteiger partial charge on any atom is -0.368 e. The molecule has 1 aromatic heterocycles. The number of sulfone groups is 1. The van der Waals surface area contributed by atoms with Gasteiger partial charge in [0.2, 0.25) is 5.95 Å². The summed E-state index contributed by atoms with van der Waals surface area (Å²) in [6.07, 6.45) is 1.36. The number of halogens is 1. The zero-order chi connectivity index (χ0) is 14.9. The van der Waals surface area contributed by atoms with E-state index in [1.54, 1.807) is 38.1 Å². The van der Waals surface area contributed by atoms with Gasteiger partial charge in [0.05, 0.1) is 27.1 Å². The van der Waals surface area contributed by atoms with Crippen LogP contribution in [0.3, 0.4) is 0 Å². The molecule has 0 aliphatic carbocycles. The normalized spacial score (nSPS) is 11.8. The standard InChI is InChI=1S/C13H14ClN3O2S/c1-8(2)20(18,19)11-6-4-3-5-9(11)12-10(14)7-16-13(15)17-12/h3-8H,1-2H3,(H2,15,16,17). The maximum atomic E-state index is 12.4. The molecule has 0 bridgehead atoms. The van der Waals surface area contributed by atoms with E-state index in [0.717, 1.165) is 0 Å². The van der Waals surface area contributed by atoms with Gasteiger partial charge in [-0.1, -0.05) is 29.8 Å². The Bertz CT molecular complexity index is 745. The highest BCUT2D eigenvalue weighted by Gasteiger charge is 2.24. The second kappa shape index (κ2) is 5.38. The van der Waals surface area contributed by atoms with Gasteiger partial charge in [0.25, 0.3) is 0 Å². The van der Waals surface area contributed by atoms with Crippen molar-refractivity contribution in [3.8, 4) is 11.3 Å². The highest BCUT2D eigenvalue weighted by molar-refractivity contribution is 7.92. The van der Waals surface area contributed by atoms with E-state index < -0.39 is 15.1 Å². The summed E-state index contributed by atoms with van der Waals surface area (Å²) in [5, 5.41) is -0.285. The first-order valence-corrected chi connectivity index (χ1v) is 7.87. The number of nitrogens with two attached hydrogens (primary N) is 1. The second-order valence-electron chi connectivity index (χ2n) is 4.51. The van der Waals surface area contributed by atoms with E-state index in [1.165, 1.54) is 6.20 Å². The minimum absolute atomic E-state index is 0.0427. The third-order valence-corrected chi connectivity index (χ3v) is 5.32. The van der Waals surface area contributed by atoms with Crippen LogP contribution in [0.25, 0.3) is 11.3 Å². The molecule has 0 unspecified atom stereocenters. The van der Waals surface area contributed by atoms with Gasteiger partial charge in [-0.05, 0) is 19.9 Å². The molecule has 5 nitrogen and oxygen atoms in total. The summed E-state index contributed by atoms with van der Waals surface area (Å²) in [6, 6.07) is 6.59. The number of nitrogens with zero attached hydrogens (tertiary/aromatic N) is 2. The number of anilines is 1. The van der Waals surface area contributed by atoms with Gasteiger partial charge in [-0.25, -0.2) is 18.4 Å². The Morgan fingerprint density at radius 1 is 1.25 bits per heavy atom. The summed E-state index contributed by atoms with van der Waals surface area (Å²) >= 11 is 6.06. The van der Waals surface area contributed by atoms with Gasteiger partial charge in [0, 0.05) is 5.56 Å². The van der Waals surface area contributed by atoms with Gasteiger partial charge in [-0.3, -0.25) is 0 Å². The molecule has 7 heteroatoms. The number of hydrogen-bond acceptors (Lipinski definition) is 5. The zero-order valence-corrected chi connectivity index (χ0v) is 12.6. The molecule has 0 aliphatic rings. The summed E-state index contributed by atoms with van der Waals surface area (Å²) in [5.41, 5.74) is 6.30. The van der Waals surface area contributed by atoms with Gasteiger partial charge >= 0.3 is 0 Å². The Hall–Kier alpha value is -1.66. The molecule has 106 valence electrons. The van der Waals surface area contributed by atoms with Crippen LogP contribution >= 0.6 is 11.6 Å². The monoisotopic (exact) mass is 311 g/mol. The molecule has 2 rings (SSSR count). The van der Waals surface area contributed by atoms with Gasteiger partial charge in [0.15, 0.2) is 9.84 Å². The smallest absolute Gasteiger partial charge is 0.220 e. The first kappa shape index (κ1) is 14.7. The van der Waals surface area contributed by atoms with Crippen molar-refractivity contribution in [2.24, 2.45) is 0 Å². The molecule has 1 aromatic carbocycles. The lowest BCUT2D eigenvalue weighted by atomic mass is 10.1. The molecule has 0 amide bonds. The first-order valence-electron chi connectivity index (χ1n) is 5.95. The van der Waals surface area contributed by atoms with Crippen molar-refractivity contribution in [1.82, 2.24) is 9.97 Å². The number of benzene rings is 1. The largest absolute Gasteiger partial charge is 0.368 e. The molecule has 0 fully saturated rings. The zero-order valence-electron chi connectivity index (χ0n) is 11.0. The van der Waals surface area contributed by atoms with Crippen LogP contribution in [0.2, 0.25) is 5.02 Å². The highest BCUT2D eigenvalue weighted by atomic mass is 35.5. The maximum absolute atomic E-state index is 12.4. The number of hydrogen-bond donors (Lipinski definition) is 1. The van der Waals surface area contributed by atoms with Crippen molar-refractivity contribution in [1.29, 1.82) is 0 Å². The average Bonchev–Trinajstić information content (AvgIpc) is 2.41. The Labute approximate surface area is 122 Å². The molecule has 20 heavy (non-hydrogen) atoms. The first-order chi connectivity index (χ1) is 9.34. The predicted octanol–water partition coefficient (Wildman–Crippen LogP) is 2.56. The molecular weight excluding hydrogens is 298 g/mol. The number of rotatable bonds is 3. The molecule has 0 aliphatic heterocycles. The fraction of sp³-hybridized carbons (Fsp3) is 0.231. The summed E-state index contributed by atoms with van der Waals surface area (Å²) in [4.78, 5) is 8.01. The van der Waals surface area contributed by atoms with E-state index in [1.807, 2.05) is 0 Å². The number of nitrogen functional groups attached to an aromatic ring is 1. The molecule has 0 saturated carbocycles. The molecule has 1 heterocycles. The van der Waals surface area contributed by atoms with Crippen LogP contribution < -0.4 is 5.73 Å². The maximum Gasteiger partial charge on any atom is 0.220 e. The van der Waals surface area contributed by atoms with E-state index in [-0.39, 0.29) is 15.9 Å². The lowest BCUT2D eigenvalue weighted by molar-refractivity contribution is 0.587. The SMILES string of the molecule is CC(C)S(=O)(=O)c1ccccc1-c1nc(N)ncc1Cl. The lowest BCUT2D eigenvalue weighted by Gasteiger charge is -2.13. The van der Waals surface area contributed by atoms with Crippen LogP contribution in [0.4, 0.5) is 5.95 Å². The van der Waals surface area contributed by atoms with E-state index in [0.29, 0.717) is 11.3 Å². The van der Waals surface area contributed by atoms with Crippen molar-refractivity contribution < 1.29 is 8.42 Å². The molecular formula is C13H14ClN3O2S. The van der Waals surface area contributed by atoms with Gasteiger partial charge in [-0.15, -0.1) is 0 Å². The summed E-state index contributed by atoms with van der Waals surface area (Å²) in [7, 11) is -3.45. The van der Waals surface area contributed by atoms with Crippen molar-refractivity contribution >= 4 is 27.4 Å². The number of aromatic nitrogens is 2. The summed E-state index contributed by atoms with van der Waals surface area (Å²) in [5.74, 6) is 0.0427. The fourth-order valence-electron chi connectivity index (χ4n) is 1.73. The molecule has 0 atom stereocenters. The predicted molar refractivity (Wildman–Crippen MR) is 79.2 cm³/mol. The van der Waals surface area contributed by atoms with Crippen molar-refractivity contribution in [2.75, 3.05) is 5.73 Å². The van der Waals surface area contributed by atoms with E-state index in [4.69, 9.17) is 17.3 Å². The van der Waals surface area contributed by atoms with Crippen molar-refractivity contribution in [3.63, 3.8) is 0 Å². The lowest BCUT2D eigenvalue weighted by Crippen LogP contribution is -2.15. The Morgan fingerprint density at radius 2 is 1.90 bits per heavy atom. The van der Waals surface area contributed by atoms with E-state index in [2.05, 4.69) is 9.97 Å². The summed E-state index contributed by atoms with van der Waals surface area (Å²) < 4.78 is 24.8. The van der Waals surface area contributed by atoms with Gasteiger partial charge in [0.1, 0.15) is 0 Å². The van der Waals surface area contributed by atoms with Gasteiger partial charge < -0.3 is 5.73 Å². The van der Waals surface area contributed by atoms with Crippen LogP contribution in [0.5, 0.6) is 0 Å². The molecule has 0 radical (unpaired) electrons. The average molecular weight is 312 g/mol. The van der Waals surface area contributed by atoms with Crippen LogP contribution in [0.15, 0.2) is 35.4 Å². The van der Waals surface area contributed by atoms with Crippen LogP contribution in [0, 0.1) is 0 Å². The highest BCUT2D eigenvalue weighted by Crippen LogP contribution is 2.32. The van der Waals surface area contributed by atoms with Crippen molar-refractivity contribution in [2.45, 2.75) is 24.0 Å². The van der Waals surface area contributed by atoms with Crippen LogP contribution in [0.1, 0.15) is 13.8 Å². The Kier molecular flexibility index (Phi) is 3.96. The third kappa shape index (κ3) is 2.62. The minimum atomic E-state index is -3.45. The summed E-state index contributed by atoms with van der Waals surface area (Å²) in [6.45, 7) is 3.25. The molecule has 0 saturated heterocycles.